The average molecular weight is 226 g/mol. The van der Waals surface area contributed by atoms with Crippen molar-refractivity contribution in [2.75, 3.05) is 6.54 Å². The van der Waals surface area contributed by atoms with Crippen molar-refractivity contribution >= 4 is 0 Å². The van der Waals surface area contributed by atoms with E-state index in [0.717, 1.165) is 6.04 Å². The molecule has 96 valence electrons. The standard InChI is InChI=1S/C14H30N2/c1-5-6-7-8-11(2)16-10-9-14(15)12(3)13(16)4/h11-14H,5-10,15H2,1-4H3. The van der Waals surface area contributed by atoms with Crippen molar-refractivity contribution in [2.45, 2.75) is 77.9 Å². The monoisotopic (exact) mass is 226 g/mol. The molecular formula is C14H30N2. The van der Waals surface area contributed by atoms with Crippen molar-refractivity contribution in [3.05, 3.63) is 0 Å². The second kappa shape index (κ2) is 6.61. The van der Waals surface area contributed by atoms with Crippen LogP contribution in [0, 0.1) is 5.92 Å². The summed E-state index contributed by atoms with van der Waals surface area (Å²) in [6, 6.07) is 1.80. The minimum atomic E-state index is 0.411. The lowest BCUT2D eigenvalue weighted by molar-refractivity contribution is 0.0586. The summed E-state index contributed by atoms with van der Waals surface area (Å²) in [6.45, 7) is 10.5. The third-order valence-electron chi connectivity index (χ3n) is 4.47. The van der Waals surface area contributed by atoms with E-state index in [1.807, 2.05) is 0 Å². The molecule has 1 heterocycles. The molecule has 0 aromatic heterocycles. The largest absolute Gasteiger partial charge is 0.327 e. The van der Waals surface area contributed by atoms with Gasteiger partial charge in [0.15, 0.2) is 0 Å². The van der Waals surface area contributed by atoms with E-state index in [-0.39, 0.29) is 0 Å². The van der Waals surface area contributed by atoms with E-state index in [1.165, 1.54) is 38.6 Å². The summed E-state index contributed by atoms with van der Waals surface area (Å²) >= 11 is 0. The molecule has 0 saturated carbocycles. The first-order valence-corrected chi connectivity index (χ1v) is 7.09. The van der Waals surface area contributed by atoms with Gasteiger partial charge in [-0.05, 0) is 32.6 Å². The average Bonchev–Trinajstić information content (AvgIpc) is 2.26. The number of likely N-dealkylation sites (tertiary alicyclic amines) is 1. The van der Waals surface area contributed by atoms with Gasteiger partial charge < -0.3 is 5.73 Å². The minimum Gasteiger partial charge on any atom is -0.327 e. The first-order valence-electron chi connectivity index (χ1n) is 7.09. The van der Waals surface area contributed by atoms with E-state index < -0.39 is 0 Å². The number of nitrogens with zero attached hydrogens (tertiary/aromatic N) is 1. The third-order valence-corrected chi connectivity index (χ3v) is 4.47. The zero-order valence-corrected chi connectivity index (χ0v) is 11.6. The number of rotatable bonds is 5. The fourth-order valence-electron chi connectivity index (χ4n) is 2.90. The molecule has 1 aliphatic heterocycles. The molecule has 1 rings (SSSR count). The van der Waals surface area contributed by atoms with Crippen LogP contribution < -0.4 is 5.73 Å². The molecular weight excluding hydrogens is 196 g/mol. The van der Waals surface area contributed by atoms with E-state index in [4.69, 9.17) is 5.73 Å². The van der Waals surface area contributed by atoms with E-state index in [1.54, 1.807) is 0 Å². The van der Waals surface area contributed by atoms with Crippen LogP contribution in [-0.2, 0) is 0 Å². The molecule has 2 N–H and O–H groups in total. The first-order chi connectivity index (χ1) is 7.57. The summed E-state index contributed by atoms with van der Waals surface area (Å²) < 4.78 is 0. The summed E-state index contributed by atoms with van der Waals surface area (Å²) in [5, 5.41) is 0. The van der Waals surface area contributed by atoms with Crippen LogP contribution in [0.25, 0.3) is 0 Å². The third kappa shape index (κ3) is 3.46. The highest BCUT2D eigenvalue weighted by molar-refractivity contribution is 4.88. The Bertz CT molecular complexity index is 193. The normalized spacial score (nSPS) is 33.9. The van der Waals surface area contributed by atoms with Gasteiger partial charge in [0.25, 0.3) is 0 Å². The van der Waals surface area contributed by atoms with Gasteiger partial charge in [-0.3, -0.25) is 4.90 Å². The van der Waals surface area contributed by atoms with Gasteiger partial charge in [-0.15, -0.1) is 0 Å². The Morgan fingerprint density at radius 1 is 1.31 bits per heavy atom. The van der Waals surface area contributed by atoms with Crippen molar-refractivity contribution in [3.63, 3.8) is 0 Å². The van der Waals surface area contributed by atoms with Crippen LogP contribution in [0.15, 0.2) is 0 Å². The Kier molecular flexibility index (Phi) is 5.77. The van der Waals surface area contributed by atoms with Gasteiger partial charge >= 0.3 is 0 Å². The summed E-state index contributed by atoms with van der Waals surface area (Å²) in [6.07, 6.45) is 6.59. The SMILES string of the molecule is CCCCCC(C)N1CCC(N)C(C)C1C. The molecule has 0 aliphatic carbocycles. The zero-order valence-electron chi connectivity index (χ0n) is 11.6. The van der Waals surface area contributed by atoms with E-state index in [0.29, 0.717) is 18.0 Å². The molecule has 2 heteroatoms. The van der Waals surface area contributed by atoms with E-state index in [2.05, 4.69) is 32.6 Å². The number of hydrogen-bond donors (Lipinski definition) is 1. The highest BCUT2D eigenvalue weighted by atomic mass is 15.2. The van der Waals surface area contributed by atoms with Crippen molar-refractivity contribution < 1.29 is 0 Å². The van der Waals surface area contributed by atoms with Gasteiger partial charge in [0.1, 0.15) is 0 Å². The molecule has 16 heavy (non-hydrogen) atoms. The Labute approximate surface area is 102 Å². The molecule has 4 atom stereocenters. The predicted molar refractivity (Wildman–Crippen MR) is 71.5 cm³/mol. The fraction of sp³-hybridized carbons (Fsp3) is 1.00. The molecule has 0 radical (unpaired) electrons. The fourth-order valence-corrected chi connectivity index (χ4v) is 2.90. The smallest absolute Gasteiger partial charge is 0.0110 e. The highest BCUT2D eigenvalue weighted by Gasteiger charge is 2.32. The molecule has 2 nitrogen and oxygen atoms in total. The van der Waals surface area contributed by atoms with E-state index >= 15 is 0 Å². The Balaban J connectivity index is 2.40. The Morgan fingerprint density at radius 2 is 2.00 bits per heavy atom. The molecule has 1 aliphatic rings. The summed E-state index contributed by atoms with van der Waals surface area (Å²) in [7, 11) is 0. The Hall–Kier alpha value is -0.0800. The van der Waals surface area contributed by atoms with Crippen molar-refractivity contribution in [1.82, 2.24) is 4.90 Å². The topological polar surface area (TPSA) is 29.3 Å². The number of piperidine rings is 1. The molecule has 1 saturated heterocycles. The van der Waals surface area contributed by atoms with Gasteiger partial charge in [-0.25, -0.2) is 0 Å². The molecule has 1 fully saturated rings. The van der Waals surface area contributed by atoms with Gasteiger partial charge in [0, 0.05) is 24.7 Å². The highest BCUT2D eigenvalue weighted by Crippen LogP contribution is 2.25. The number of unbranched alkanes of at least 4 members (excludes halogenated alkanes) is 2. The molecule has 0 aromatic rings. The number of nitrogens with two attached hydrogens (primary N) is 1. The summed E-state index contributed by atoms with van der Waals surface area (Å²) in [5.41, 5.74) is 6.13. The first kappa shape index (κ1) is 14.0. The molecule has 0 amide bonds. The van der Waals surface area contributed by atoms with Gasteiger partial charge in [-0.1, -0.05) is 33.1 Å². The maximum atomic E-state index is 6.13. The maximum Gasteiger partial charge on any atom is 0.0110 e. The van der Waals surface area contributed by atoms with Crippen LogP contribution in [0.1, 0.15) is 59.8 Å². The lowest BCUT2D eigenvalue weighted by atomic mass is 9.86. The molecule has 0 spiro atoms. The van der Waals surface area contributed by atoms with Gasteiger partial charge in [0.05, 0.1) is 0 Å². The van der Waals surface area contributed by atoms with Crippen molar-refractivity contribution in [1.29, 1.82) is 0 Å². The van der Waals surface area contributed by atoms with Crippen LogP contribution in [0.5, 0.6) is 0 Å². The van der Waals surface area contributed by atoms with Crippen LogP contribution >= 0.6 is 0 Å². The zero-order chi connectivity index (χ0) is 12.1. The second-order valence-electron chi connectivity index (χ2n) is 5.63. The maximum absolute atomic E-state index is 6.13. The van der Waals surface area contributed by atoms with Crippen molar-refractivity contribution in [2.24, 2.45) is 11.7 Å². The van der Waals surface area contributed by atoms with Crippen LogP contribution in [-0.4, -0.2) is 29.6 Å². The molecule has 0 bridgehead atoms. The molecule has 0 aromatic carbocycles. The molecule has 4 unspecified atom stereocenters. The van der Waals surface area contributed by atoms with Gasteiger partial charge in [0.2, 0.25) is 0 Å². The quantitative estimate of drug-likeness (QED) is 0.730. The van der Waals surface area contributed by atoms with E-state index in [9.17, 15) is 0 Å². The van der Waals surface area contributed by atoms with Gasteiger partial charge in [-0.2, -0.15) is 0 Å². The van der Waals surface area contributed by atoms with Crippen LogP contribution in [0.2, 0.25) is 0 Å². The summed E-state index contributed by atoms with van der Waals surface area (Å²) in [4.78, 5) is 2.67. The lowest BCUT2D eigenvalue weighted by Crippen LogP contribution is -2.54. The summed E-state index contributed by atoms with van der Waals surface area (Å²) in [5.74, 6) is 0.641. The van der Waals surface area contributed by atoms with Crippen LogP contribution in [0.3, 0.4) is 0 Å². The van der Waals surface area contributed by atoms with Crippen molar-refractivity contribution in [3.8, 4) is 0 Å². The lowest BCUT2D eigenvalue weighted by Gasteiger charge is -2.44. The number of hydrogen-bond acceptors (Lipinski definition) is 2. The second-order valence-corrected chi connectivity index (χ2v) is 5.63. The minimum absolute atomic E-state index is 0.411. The van der Waals surface area contributed by atoms with Crippen LogP contribution in [0.4, 0.5) is 0 Å². The predicted octanol–water partition coefficient (Wildman–Crippen LogP) is 3.01. The Morgan fingerprint density at radius 3 is 2.62 bits per heavy atom.